The summed E-state index contributed by atoms with van der Waals surface area (Å²) in [6.07, 6.45) is 4.19. The molecule has 0 aromatic heterocycles. The van der Waals surface area contributed by atoms with Gasteiger partial charge >= 0.3 is 0 Å². The van der Waals surface area contributed by atoms with Crippen LogP contribution in [0.15, 0.2) is 12.1 Å². The maximum atomic E-state index is 2.72. The molecule has 1 aromatic carbocycles. The number of anilines is 1. The van der Waals surface area contributed by atoms with Gasteiger partial charge in [-0.2, -0.15) is 0 Å². The van der Waals surface area contributed by atoms with Gasteiger partial charge in [-0.15, -0.1) is 0 Å². The molecule has 2 bridgehead atoms. The van der Waals surface area contributed by atoms with Crippen molar-refractivity contribution in [2.75, 3.05) is 4.90 Å². The summed E-state index contributed by atoms with van der Waals surface area (Å²) in [6.45, 7) is 11.7. The van der Waals surface area contributed by atoms with Gasteiger partial charge < -0.3 is 4.90 Å². The monoisotopic (exact) mass is 243 g/mol. The zero-order valence-electron chi connectivity index (χ0n) is 12.4. The number of aryl methyl sites for hydroxylation is 2. The molecule has 98 valence electrons. The maximum absolute atomic E-state index is 2.72. The van der Waals surface area contributed by atoms with Crippen LogP contribution >= 0.6 is 0 Å². The van der Waals surface area contributed by atoms with E-state index >= 15 is 0 Å². The first-order chi connectivity index (χ1) is 8.42. The quantitative estimate of drug-likeness (QED) is 0.707. The predicted octanol–water partition coefficient (Wildman–Crippen LogP) is 4.38. The van der Waals surface area contributed by atoms with E-state index in [1.807, 2.05) is 0 Å². The van der Waals surface area contributed by atoms with Crippen LogP contribution in [0.3, 0.4) is 0 Å². The second-order valence-electron chi connectivity index (χ2n) is 6.86. The summed E-state index contributed by atoms with van der Waals surface area (Å²) < 4.78 is 0. The highest BCUT2D eigenvalue weighted by Crippen LogP contribution is 2.53. The molecule has 0 spiro atoms. The van der Waals surface area contributed by atoms with Crippen LogP contribution in [0.4, 0.5) is 5.69 Å². The highest BCUT2D eigenvalue weighted by atomic mass is 15.2. The van der Waals surface area contributed by atoms with Gasteiger partial charge in [0, 0.05) is 17.8 Å². The van der Waals surface area contributed by atoms with Crippen molar-refractivity contribution in [3.8, 4) is 0 Å². The van der Waals surface area contributed by atoms with Crippen LogP contribution in [0, 0.1) is 26.2 Å². The molecule has 1 saturated heterocycles. The summed E-state index contributed by atoms with van der Waals surface area (Å²) in [5, 5.41) is 0. The Hall–Kier alpha value is -0.980. The molecular weight excluding hydrogens is 218 g/mol. The van der Waals surface area contributed by atoms with Crippen LogP contribution in [0.2, 0.25) is 0 Å². The molecule has 18 heavy (non-hydrogen) atoms. The molecule has 1 saturated carbocycles. The third-order valence-electron chi connectivity index (χ3n) is 5.63. The standard InChI is InChI=1S/C17H25N/c1-11-8-12(2)13(3)16(9-11)18-14(4)17(5)7-6-15(18)10-17/h8-9,14-15H,6-7,10H2,1-5H3. The smallest absolute Gasteiger partial charge is 0.0406 e. The van der Waals surface area contributed by atoms with Crippen LogP contribution in [0.5, 0.6) is 0 Å². The van der Waals surface area contributed by atoms with Crippen LogP contribution in [0.25, 0.3) is 0 Å². The summed E-state index contributed by atoms with van der Waals surface area (Å²) in [7, 11) is 0. The highest BCUT2D eigenvalue weighted by molar-refractivity contribution is 5.61. The summed E-state index contributed by atoms with van der Waals surface area (Å²) in [6, 6.07) is 6.17. The summed E-state index contributed by atoms with van der Waals surface area (Å²) in [5.41, 5.74) is 6.35. The predicted molar refractivity (Wildman–Crippen MR) is 78.3 cm³/mol. The highest BCUT2D eigenvalue weighted by Gasteiger charge is 2.51. The molecule has 3 atom stereocenters. The number of hydrogen-bond acceptors (Lipinski definition) is 1. The minimum Gasteiger partial charge on any atom is -0.365 e. The lowest BCUT2D eigenvalue weighted by Crippen LogP contribution is -2.42. The van der Waals surface area contributed by atoms with Crippen molar-refractivity contribution >= 4 is 5.69 Å². The van der Waals surface area contributed by atoms with Gasteiger partial charge in [-0.25, -0.2) is 0 Å². The minimum absolute atomic E-state index is 0.550. The molecule has 1 nitrogen and oxygen atoms in total. The lowest BCUT2D eigenvalue weighted by Gasteiger charge is -2.40. The Kier molecular flexibility index (Phi) is 2.52. The van der Waals surface area contributed by atoms with E-state index in [2.05, 4.69) is 51.7 Å². The van der Waals surface area contributed by atoms with E-state index < -0.39 is 0 Å². The first kappa shape index (κ1) is 12.1. The fraction of sp³-hybridized carbons (Fsp3) is 0.647. The lowest BCUT2D eigenvalue weighted by molar-refractivity contribution is 0.295. The average molecular weight is 243 g/mol. The van der Waals surface area contributed by atoms with Crippen molar-refractivity contribution in [1.29, 1.82) is 0 Å². The average Bonchev–Trinajstić information content (AvgIpc) is 2.78. The van der Waals surface area contributed by atoms with Gasteiger partial charge in [0.2, 0.25) is 0 Å². The SMILES string of the molecule is Cc1cc(C)c(C)c(N2C3CCC(C)(C3)C2C)c1. The van der Waals surface area contributed by atoms with Gasteiger partial charge in [0.15, 0.2) is 0 Å². The molecule has 3 unspecified atom stereocenters. The Balaban J connectivity index is 2.07. The topological polar surface area (TPSA) is 3.24 Å². The van der Waals surface area contributed by atoms with E-state index in [1.165, 1.54) is 41.6 Å². The van der Waals surface area contributed by atoms with Crippen molar-refractivity contribution in [1.82, 2.24) is 0 Å². The number of benzene rings is 1. The first-order valence-electron chi connectivity index (χ1n) is 7.28. The third-order valence-corrected chi connectivity index (χ3v) is 5.63. The van der Waals surface area contributed by atoms with E-state index in [0.29, 0.717) is 11.5 Å². The van der Waals surface area contributed by atoms with Crippen molar-refractivity contribution in [2.45, 2.75) is 66.0 Å². The van der Waals surface area contributed by atoms with Crippen LogP contribution in [-0.2, 0) is 0 Å². The van der Waals surface area contributed by atoms with Crippen molar-refractivity contribution in [2.24, 2.45) is 5.41 Å². The van der Waals surface area contributed by atoms with Crippen LogP contribution in [-0.4, -0.2) is 12.1 Å². The summed E-state index contributed by atoms with van der Waals surface area (Å²) >= 11 is 0. The van der Waals surface area contributed by atoms with Gasteiger partial charge in [-0.05, 0) is 75.1 Å². The van der Waals surface area contributed by atoms with E-state index in [-0.39, 0.29) is 0 Å². The molecule has 0 N–H and O–H groups in total. The Morgan fingerprint density at radius 2 is 1.94 bits per heavy atom. The van der Waals surface area contributed by atoms with Gasteiger partial charge in [0.25, 0.3) is 0 Å². The van der Waals surface area contributed by atoms with Gasteiger partial charge in [-0.1, -0.05) is 13.0 Å². The molecule has 1 heterocycles. The number of fused-ring (bicyclic) bond motifs is 2. The molecule has 1 heteroatoms. The van der Waals surface area contributed by atoms with E-state index in [1.54, 1.807) is 0 Å². The second-order valence-corrected chi connectivity index (χ2v) is 6.86. The first-order valence-corrected chi connectivity index (χ1v) is 7.28. The molecule has 1 aromatic rings. The Morgan fingerprint density at radius 1 is 1.22 bits per heavy atom. The second kappa shape index (κ2) is 3.76. The molecule has 1 aliphatic heterocycles. The number of hydrogen-bond donors (Lipinski definition) is 0. The molecule has 2 fully saturated rings. The maximum Gasteiger partial charge on any atom is 0.0406 e. The normalized spacial score (nSPS) is 34.4. The Bertz CT molecular complexity index is 491. The molecule has 0 amide bonds. The number of rotatable bonds is 1. The van der Waals surface area contributed by atoms with Crippen LogP contribution < -0.4 is 4.90 Å². The van der Waals surface area contributed by atoms with E-state index in [0.717, 1.165) is 6.04 Å². The zero-order chi connectivity index (χ0) is 13.1. The molecular formula is C17H25N. The Labute approximate surface area is 111 Å². The summed E-state index contributed by atoms with van der Waals surface area (Å²) in [5.74, 6) is 0. The van der Waals surface area contributed by atoms with Gasteiger partial charge in [0.05, 0.1) is 0 Å². The van der Waals surface area contributed by atoms with Crippen molar-refractivity contribution in [3.63, 3.8) is 0 Å². The fourth-order valence-electron chi connectivity index (χ4n) is 4.20. The van der Waals surface area contributed by atoms with Crippen molar-refractivity contribution < 1.29 is 0 Å². The summed E-state index contributed by atoms with van der Waals surface area (Å²) in [4.78, 5) is 2.72. The van der Waals surface area contributed by atoms with Crippen LogP contribution in [0.1, 0.15) is 49.8 Å². The third kappa shape index (κ3) is 1.52. The van der Waals surface area contributed by atoms with E-state index in [9.17, 15) is 0 Å². The Morgan fingerprint density at radius 3 is 2.56 bits per heavy atom. The van der Waals surface area contributed by atoms with Gasteiger partial charge in [-0.3, -0.25) is 0 Å². The minimum atomic E-state index is 0.550. The van der Waals surface area contributed by atoms with Gasteiger partial charge in [0.1, 0.15) is 0 Å². The molecule has 1 aliphatic carbocycles. The number of nitrogens with zero attached hydrogens (tertiary/aromatic N) is 1. The molecule has 2 aliphatic rings. The zero-order valence-corrected chi connectivity index (χ0v) is 12.4. The molecule has 3 rings (SSSR count). The largest absolute Gasteiger partial charge is 0.365 e. The molecule has 0 radical (unpaired) electrons. The fourth-order valence-corrected chi connectivity index (χ4v) is 4.20. The lowest BCUT2D eigenvalue weighted by atomic mass is 9.82. The van der Waals surface area contributed by atoms with Crippen molar-refractivity contribution in [3.05, 3.63) is 28.8 Å². The van der Waals surface area contributed by atoms with E-state index in [4.69, 9.17) is 0 Å². The number of piperidine rings is 1.